The third-order valence-corrected chi connectivity index (χ3v) is 3.47. The van der Waals surface area contributed by atoms with Crippen LogP contribution in [0.1, 0.15) is 11.4 Å². The number of nitrogens with zero attached hydrogens (tertiary/aromatic N) is 3. The highest BCUT2D eigenvalue weighted by Gasteiger charge is 2.12. The van der Waals surface area contributed by atoms with Gasteiger partial charge in [-0.3, -0.25) is 9.48 Å². The molecule has 0 aliphatic rings. The maximum Gasteiger partial charge on any atom is 0.246 e. The smallest absolute Gasteiger partial charge is 0.246 e. The Kier molecular flexibility index (Phi) is 4.74. The van der Waals surface area contributed by atoms with Crippen molar-refractivity contribution in [1.82, 2.24) is 14.8 Å². The van der Waals surface area contributed by atoms with E-state index in [4.69, 9.17) is 4.74 Å². The Hall–Kier alpha value is -3.22. The molecular weight excluding hydrogens is 323 g/mol. The van der Waals surface area contributed by atoms with E-state index < -0.39 is 0 Å². The van der Waals surface area contributed by atoms with Gasteiger partial charge >= 0.3 is 0 Å². The molecule has 1 N–H and O–H groups in total. The number of ether oxygens (including phenoxy) is 1. The van der Waals surface area contributed by atoms with Gasteiger partial charge in [0.05, 0.1) is 5.69 Å². The summed E-state index contributed by atoms with van der Waals surface area (Å²) in [5.74, 6) is 0.0555. The van der Waals surface area contributed by atoms with Gasteiger partial charge in [-0.05, 0) is 56.3 Å². The Morgan fingerprint density at radius 2 is 2.00 bits per heavy atom. The van der Waals surface area contributed by atoms with E-state index >= 15 is 0 Å². The zero-order valence-corrected chi connectivity index (χ0v) is 13.9. The third kappa shape index (κ3) is 4.20. The fourth-order valence-corrected chi connectivity index (χ4v) is 2.34. The quantitative estimate of drug-likeness (QED) is 0.772. The molecule has 0 bridgehead atoms. The molecule has 1 amide bonds. The van der Waals surface area contributed by atoms with E-state index in [1.807, 2.05) is 19.9 Å². The molecule has 0 spiro atoms. The van der Waals surface area contributed by atoms with Gasteiger partial charge in [0.15, 0.2) is 0 Å². The average molecular weight is 340 g/mol. The van der Waals surface area contributed by atoms with Crippen LogP contribution in [0.15, 0.2) is 48.7 Å². The van der Waals surface area contributed by atoms with E-state index in [2.05, 4.69) is 15.4 Å². The first-order valence-electron chi connectivity index (χ1n) is 7.70. The molecule has 7 heteroatoms. The molecular formula is C18H17FN4O2. The van der Waals surface area contributed by atoms with Crippen molar-refractivity contribution in [3.8, 4) is 11.6 Å². The Labute approximate surface area is 144 Å². The van der Waals surface area contributed by atoms with Gasteiger partial charge in [-0.1, -0.05) is 0 Å². The van der Waals surface area contributed by atoms with E-state index in [-0.39, 0.29) is 24.1 Å². The molecule has 3 rings (SSSR count). The highest BCUT2D eigenvalue weighted by molar-refractivity contribution is 5.91. The van der Waals surface area contributed by atoms with Crippen LogP contribution < -0.4 is 10.1 Å². The van der Waals surface area contributed by atoms with Crippen LogP contribution in [-0.2, 0) is 11.3 Å². The lowest BCUT2D eigenvalue weighted by Gasteiger charge is -2.11. The van der Waals surface area contributed by atoms with Crippen molar-refractivity contribution in [2.75, 3.05) is 5.32 Å². The van der Waals surface area contributed by atoms with Gasteiger partial charge in [0.2, 0.25) is 11.8 Å². The molecule has 0 fully saturated rings. The van der Waals surface area contributed by atoms with Crippen LogP contribution in [0.25, 0.3) is 0 Å². The Bertz CT molecular complexity index is 890. The van der Waals surface area contributed by atoms with Crippen molar-refractivity contribution >= 4 is 11.6 Å². The largest absolute Gasteiger partial charge is 0.437 e. The lowest BCUT2D eigenvalue weighted by molar-refractivity contribution is -0.117. The number of amides is 1. The van der Waals surface area contributed by atoms with Gasteiger partial charge in [0, 0.05) is 11.9 Å². The normalized spacial score (nSPS) is 10.5. The number of pyridine rings is 1. The van der Waals surface area contributed by atoms with Crippen molar-refractivity contribution in [3.05, 3.63) is 65.9 Å². The van der Waals surface area contributed by atoms with Crippen molar-refractivity contribution in [1.29, 1.82) is 0 Å². The molecule has 3 aromatic rings. The highest BCUT2D eigenvalue weighted by Crippen LogP contribution is 2.26. The Balaban J connectivity index is 1.73. The number of carbonyl (C=O) groups excluding carboxylic acids is 1. The number of hydrogen-bond acceptors (Lipinski definition) is 4. The van der Waals surface area contributed by atoms with Crippen LogP contribution in [-0.4, -0.2) is 20.7 Å². The second-order valence-electron chi connectivity index (χ2n) is 5.55. The first-order valence-corrected chi connectivity index (χ1v) is 7.70. The minimum Gasteiger partial charge on any atom is -0.437 e. The molecule has 128 valence electrons. The number of anilines is 1. The molecule has 0 unspecified atom stereocenters. The van der Waals surface area contributed by atoms with E-state index in [1.54, 1.807) is 23.0 Å². The zero-order valence-electron chi connectivity index (χ0n) is 13.9. The van der Waals surface area contributed by atoms with Gasteiger partial charge < -0.3 is 10.1 Å². The van der Waals surface area contributed by atoms with E-state index in [0.29, 0.717) is 11.4 Å². The van der Waals surface area contributed by atoms with E-state index in [0.717, 1.165) is 11.4 Å². The molecule has 0 aliphatic heterocycles. The first-order chi connectivity index (χ1) is 12.0. The topological polar surface area (TPSA) is 69.0 Å². The highest BCUT2D eigenvalue weighted by atomic mass is 19.1. The monoisotopic (exact) mass is 340 g/mol. The summed E-state index contributed by atoms with van der Waals surface area (Å²) >= 11 is 0. The van der Waals surface area contributed by atoms with Gasteiger partial charge in [-0.15, -0.1) is 0 Å². The third-order valence-electron chi connectivity index (χ3n) is 3.47. The van der Waals surface area contributed by atoms with Crippen molar-refractivity contribution in [2.24, 2.45) is 0 Å². The molecule has 2 heterocycles. The number of carbonyl (C=O) groups is 1. The number of halogens is 1. The fourth-order valence-electron chi connectivity index (χ4n) is 2.34. The molecule has 25 heavy (non-hydrogen) atoms. The minimum absolute atomic E-state index is 0.0879. The first kappa shape index (κ1) is 16.6. The molecule has 6 nitrogen and oxygen atoms in total. The van der Waals surface area contributed by atoms with Gasteiger partial charge in [-0.2, -0.15) is 5.10 Å². The van der Waals surface area contributed by atoms with Crippen LogP contribution in [0.5, 0.6) is 11.6 Å². The van der Waals surface area contributed by atoms with Crippen LogP contribution in [0, 0.1) is 19.7 Å². The fraction of sp³-hybridized carbons (Fsp3) is 0.167. The number of rotatable bonds is 5. The predicted molar refractivity (Wildman–Crippen MR) is 91.0 cm³/mol. The molecule has 0 atom stereocenters. The Morgan fingerprint density at radius 3 is 2.68 bits per heavy atom. The van der Waals surface area contributed by atoms with E-state index in [1.165, 1.54) is 24.3 Å². The van der Waals surface area contributed by atoms with Gasteiger partial charge in [0.25, 0.3) is 0 Å². The summed E-state index contributed by atoms with van der Waals surface area (Å²) < 4.78 is 20.2. The van der Waals surface area contributed by atoms with Crippen molar-refractivity contribution < 1.29 is 13.9 Å². The minimum atomic E-state index is -0.355. The second-order valence-corrected chi connectivity index (χ2v) is 5.55. The number of nitrogens with one attached hydrogen (secondary N) is 1. The zero-order chi connectivity index (χ0) is 17.8. The standard InChI is InChI=1S/C18H17FN4O2/c1-12-10-13(2)23(22-12)11-17(24)21-16-4-3-9-20-18(16)25-15-7-5-14(19)6-8-15/h3-10H,11H2,1-2H3,(H,21,24). The summed E-state index contributed by atoms with van der Waals surface area (Å²) in [6, 6.07) is 10.8. The van der Waals surface area contributed by atoms with Crippen LogP contribution in [0.2, 0.25) is 0 Å². The summed E-state index contributed by atoms with van der Waals surface area (Å²) in [4.78, 5) is 16.4. The molecule has 0 aliphatic carbocycles. The lowest BCUT2D eigenvalue weighted by atomic mass is 10.3. The van der Waals surface area contributed by atoms with Gasteiger partial charge in [-0.25, -0.2) is 9.37 Å². The van der Waals surface area contributed by atoms with Crippen LogP contribution >= 0.6 is 0 Å². The number of hydrogen-bond donors (Lipinski definition) is 1. The molecule has 1 aromatic carbocycles. The molecule has 0 radical (unpaired) electrons. The summed E-state index contributed by atoms with van der Waals surface area (Å²) in [6.45, 7) is 3.85. The Morgan fingerprint density at radius 1 is 1.24 bits per heavy atom. The lowest BCUT2D eigenvalue weighted by Crippen LogP contribution is -2.20. The number of aryl methyl sites for hydroxylation is 2. The van der Waals surface area contributed by atoms with Gasteiger partial charge in [0.1, 0.15) is 23.8 Å². The maximum absolute atomic E-state index is 13.0. The summed E-state index contributed by atoms with van der Waals surface area (Å²) in [5, 5.41) is 7.03. The second kappa shape index (κ2) is 7.12. The summed E-state index contributed by atoms with van der Waals surface area (Å²) in [7, 11) is 0. The number of aromatic nitrogens is 3. The molecule has 0 saturated heterocycles. The molecule has 2 aromatic heterocycles. The van der Waals surface area contributed by atoms with Crippen molar-refractivity contribution in [3.63, 3.8) is 0 Å². The van der Waals surface area contributed by atoms with Crippen LogP contribution in [0.3, 0.4) is 0 Å². The number of benzene rings is 1. The summed E-state index contributed by atoms with van der Waals surface area (Å²) in [5.41, 5.74) is 2.19. The van der Waals surface area contributed by atoms with Crippen LogP contribution in [0.4, 0.5) is 10.1 Å². The SMILES string of the molecule is Cc1cc(C)n(CC(=O)Nc2cccnc2Oc2ccc(F)cc2)n1. The molecule has 0 saturated carbocycles. The average Bonchev–Trinajstić information content (AvgIpc) is 2.88. The van der Waals surface area contributed by atoms with Crippen molar-refractivity contribution in [2.45, 2.75) is 20.4 Å². The summed E-state index contributed by atoms with van der Waals surface area (Å²) in [6.07, 6.45) is 1.55. The predicted octanol–water partition coefficient (Wildman–Crippen LogP) is 3.47. The van der Waals surface area contributed by atoms with E-state index in [9.17, 15) is 9.18 Å². The maximum atomic E-state index is 13.0.